The van der Waals surface area contributed by atoms with Crippen LogP contribution in [0.1, 0.15) is 41.8 Å². The molecule has 2 heterocycles. The zero-order valence-electron chi connectivity index (χ0n) is 15.0. The van der Waals surface area contributed by atoms with E-state index >= 15 is 0 Å². The molecular weight excluding hydrogens is 458 g/mol. The van der Waals surface area contributed by atoms with Gasteiger partial charge in [0.05, 0.1) is 0 Å². The molecule has 4 N–H and O–H groups in total. The summed E-state index contributed by atoms with van der Waals surface area (Å²) in [6.07, 6.45) is 5.12. The molecule has 0 saturated carbocycles. The number of rotatable bonds is 6. The van der Waals surface area contributed by atoms with Gasteiger partial charge >= 0.3 is 6.08 Å². The Morgan fingerprint density at radius 2 is 1.89 bits per heavy atom. The summed E-state index contributed by atoms with van der Waals surface area (Å²) in [5.74, 6) is 0.921. The number of aryl methyl sites for hydroxylation is 3. The molecule has 0 spiro atoms. The summed E-state index contributed by atoms with van der Waals surface area (Å²) in [4.78, 5) is 12.3. The summed E-state index contributed by atoms with van der Waals surface area (Å²) < 4.78 is 17.0. The molecule has 27 heavy (non-hydrogen) atoms. The lowest BCUT2D eigenvalue weighted by atomic mass is 10.0. The van der Waals surface area contributed by atoms with Gasteiger partial charge in [-0.15, -0.1) is 0 Å². The van der Waals surface area contributed by atoms with Gasteiger partial charge in [-0.3, -0.25) is 0 Å². The molecule has 0 amide bonds. The SMILES string of the molecule is NCCCCn1c(Cc2cc3c(cc2I)CCC3)nc2c(N)nc(F)nc21. The topological polar surface area (TPSA) is 95.6 Å². The third-order valence-corrected chi connectivity index (χ3v) is 6.12. The number of nitrogen functional groups attached to an aromatic ring is 1. The number of imidazole rings is 1. The number of halogens is 2. The fourth-order valence-corrected chi connectivity index (χ4v) is 4.50. The van der Waals surface area contributed by atoms with Gasteiger partial charge in [-0.2, -0.15) is 14.4 Å². The summed E-state index contributed by atoms with van der Waals surface area (Å²) >= 11 is 2.39. The molecule has 3 aromatic rings. The quantitative estimate of drug-likeness (QED) is 0.322. The lowest BCUT2D eigenvalue weighted by Crippen LogP contribution is -2.09. The minimum absolute atomic E-state index is 0.0833. The van der Waals surface area contributed by atoms with Crippen molar-refractivity contribution in [3.63, 3.8) is 0 Å². The molecule has 0 fully saturated rings. The smallest absolute Gasteiger partial charge is 0.312 e. The summed E-state index contributed by atoms with van der Waals surface area (Å²) in [6, 6.07) is 4.58. The van der Waals surface area contributed by atoms with E-state index in [9.17, 15) is 4.39 Å². The van der Waals surface area contributed by atoms with Gasteiger partial charge in [0.1, 0.15) is 5.82 Å². The molecule has 6 nitrogen and oxygen atoms in total. The van der Waals surface area contributed by atoms with Crippen LogP contribution in [0.15, 0.2) is 12.1 Å². The Morgan fingerprint density at radius 3 is 2.67 bits per heavy atom. The van der Waals surface area contributed by atoms with Crippen LogP contribution < -0.4 is 11.5 Å². The molecule has 0 aliphatic heterocycles. The number of fused-ring (bicyclic) bond motifs is 2. The maximum Gasteiger partial charge on any atom is 0.312 e. The third-order valence-electron chi connectivity index (χ3n) is 5.12. The van der Waals surface area contributed by atoms with Crippen LogP contribution in [0, 0.1) is 9.65 Å². The predicted octanol–water partition coefficient (Wildman–Crippen LogP) is 2.97. The Kier molecular flexibility index (Phi) is 5.27. The molecule has 0 saturated heterocycles. The van der Waals surface area contributed by atoms with E-state index in [2.05, 4.69) is 49.7 Å². The summed E-state index contributed by atoms with van der Waals surface area (Å²) in [7, 11) is 0. The van der Waals surface area contributed by atoms with Gasteiger partial charge in [0.2, 0.25) is 0 Å². The number of anilines is 1. The van der Waals surface area contributed by atoms with Gasteiger partial charge in [-0.25, -0.2) is 4.98 Å². The Balaban J connectivity index is 1.76. The number of hydrogen-bond acceptors (Lipinski definition) is 5. The van der Waals surface area contributed by atoms with E-state index in [1.54, 1.807) is 0 Å². The van der Waals surface area contributed by atoms with Crippen molar-refractivity contribution >= 4 is 39.6 Å². The Morgan fingerprint density at radius 1 is 1.11 bits per heavy atom. The van der Waals surface area contributed by atoms with Crippen LogP contribution in [0.2, 0.25) is 0 Å². The number of aromatic nitrogens is 4. The third kappa shape index (κ3) is 3.64. The van der Waals surface area contributed by atoms with E-state index in [-0.39, 0.29) is 5.82 Å². The molecule has 142 valence electrons. The Bertz CT molecular complexity index is 1000. The van der Waals surface area contributed by atoms with E-state index in [4.69, 9.17) is 11.5 Å². The van der Waals surface area contributed by atoms with Crippen molar-refractivity contribution in [1.82, 2.24) is 19.5 Å². The highest BCUT2D eigenvalue weighted by Gasteiger charge is 2.19. The second kappa shape index (κ2) is 7.67. The Labute approximate surface area is 170 Å². The molecule has 1 aliphatic carbocycles. The molecule has 0 unspecified atom stereocenters. The lowest BCUT2D eigenvalue weighted by molar-refractivity contribution is 0.539. The normalized spacial score (nSPS) is 13.4. The zero-order chi connectivity index (χ0) is 19.0. The van der Waals surface area contributed by atoms with Gasteiger partial charge < -0.3 is 16.0 Å². The molecule has 0 atom stereocenters. The molecule has 1 aromatic carbocycles. The molecule has 8 heteroatoms. The maximum atomic E-state index is 13.8. The highest BCUT2D eigenvalue weighted by atomic mass is 127. The molecule has 1 aliphatic rings. The van der Waals surface area contributed by atoms with E-state index in [1.165, 1.54) is 26.7 Å². The monoisotopic (exact) mass is 480 g/mol. The molecule has 2 aromatic heterocycles. The second-order valence-corrected chi connectivity index (χ2v) is 8.13. The van der Waals surface area contributed by atoms with E-state index in [0.29, 0.717) is 30.7 Å². The highest BCUT2D eigenvalue weighted by molar-refractivity contribution is 14.1. The van der Waals surface area contributed by atoms with Crippen molar-refractivity contribution in [2.75, 3.05) is 12.3 Å². The first-order valence-electron chi connectivity index (χ1n) is 9.25. The fourth-order valence-electron chi connectivity index (χ4n) is 3.77. The van der Waals surface area contributed by atoms with Gasteiger partial charge in [0, 0.05) is 16.5 Å². The van der Waals surface area contributed by atoms with Crippen molar-refractivity contribution in [3.05, 3.63) is 44.3 Å². The molecule has 0 radical (unpaired) electrons. The van der Waals surface area contributed by atoms with Gasteiger partial charge in [-0.05, 0) is 84.0 Å². The van der Waals surface area contributed by atoms with Crippen LogP contribution >= 0.6 is 22.6 Å². The van der Waals surface area contributed by atoms with Crippen LogP contribution in [0.4, 0.5) is 10.2 Å². The van der Waals surface area contributed by atoms with Crippen LogP contribution in [0.5, 0.6) is 0 Å². The van der Waals surface area contributed by atoms with E-state index in [1.807, 2.05) is 4.57 Å². The molecule has 0 bridgehead atoms. The van der Waals surface area contributed by atoms with Gasteiger partial charge in [-0.1, -0.05) is 6.07 Å². The summed E-state index contributed by atoms with van der Waals surface area (Å²) in [5, 5.41) is 0. The number of nitrogens with two attached hydrogens (primary N) is 2. The zero-order valence-corrected chi connectivity index (χ0v) is 17.2. The average molecular weight is 480 g/mol. The average Bonchev–Trinajstić information content (AvgIpc) is 3.20. The Hall–Kier alpha value is -1.81. The number of benzene rings is 1. The van der Waals surface area contributed by atoms with Gasteiger partial charge in [0.25, 0.3) is 0 Å². The first-order valence-corrected chi connectivity index (χ1v) is 10.3. The van der Waals surface area contributed by atoms with E-state index in [0.717, 1.165) is 31.5 Å². The van der Waals surface area contributed by atoms with Crippen molar-refractivity contribution < 1.29 is 4.39 Å². The predicted molar refractivity (Wildman–Crippen MR) is 112 cm³/mol. The maximum absolute atomic E-state index is 13.8. The molecular formula is C19H22FIN6. The number of unbranched alkanes of at least 4 members (excludes halogenated alkanes) is 1. The standard InChI is InChI=1S/C19H22FIN6/c20-19-25-17(23)16-18(26-19)27(7-2-1-6-22)15(24-16)10-13-8-11-4-3-5-12(11)9-14(13)21/h8-9H,1-7,10,22H2,(H2,23,25,26). The lowest BCUT2D eigenvalue weighted by Gasteiger charge is -2.11. The van der Waals surface area contributed by atoms with Crippen molar-refractivity contribution in [1.29, 1.82) is 0 Å². The largest absolute Gasteiger partial charge is 0.382 e. The van der Waals surface area contributed by atoms with Crippen molar-refractivity contribution in [3.8, 4) is 0 Å². The highest BCUT2D eigenvalue weighted by Crippen LogP contribution is 2.29. The first-order chi connectivity index (χ1) is 13.1. The van der Waals surface area contributed by atoms with Crippen LogP contribution in [0.25, 0.3) is 11.2 Å². The van der Waals surface area contributed by atoms with Crippen molar-refractivity contribution in [2.24, 2.45) is 5.73 Å². The summed E-state index contributed by atoms with van der Waals surface area (Å²) in [6.45, 7) is 1.30. The molecule has 4 rings (SSSR count). The first kappa shape index (κ1) is 18.5. The number of hydrogen-bond donors (Lipinski definition) is 2. The second-order valence-electron chi connectivity index (χ2n) is 6.97. The van der Waals surface area contributed by atoms with E-state index < -0.39 is 6.08 Å². The van der Waals surface area contributed by atoms with Crippen LogP contribution in [0.3, 0.4) is 0 Å². The summed E-state index contributed by atoms with van der Waals surface area (Å²) in [5.41, 5.74) is 16.6. The fraction of sp³-hybridized carbons (Fsp3) is 0.421. The minimum Gasteiger partial charge on any atom is -0.382 e. The number of nitrogens with zero attached hydrogens (tertiary/aromatic N) is 4. The minimum atomic E-state index is -0.821. The van der Waals surface area contributed by atoms with Crippen LogP contribution in [-0.4, -0.2) is 26.1 Å². The van der Waals surface area contributed by atoms with Gasteiger partial charge in [0.15, 0.2) is 17.0 Å². The van der Waals surface area contributed by atoms with Crippen LogP contribution in [-0.2, 0) is 25.8 Å². The van der Waals surface area contributed by atoms with Crippen molar-refractivity contribution in [2.45, 2.75) is 45.1 Å².